The molecule has 1 N–H and O–H groups in total. The first kappa shape index (κ1) is 13.2. The van der Waals surface area contributed by atoms with Crippen molar-refractivity contribution in [2.24, 2.45) is 0 Å². The number of rotatable bonds is 3. The smallest absolute Gasteiger partial charge is 0.335 e. The molecule has 2 amide bonds. The molecule has 0 atom stereocenters. The molecule has 0 aromatic heterocycles. The lowest BCUT2D eigenvalue weighted by molar-refractivity contribution is -0.159. The van der Waals surface area contributed by atoms with Crippen LogP contribution in [-0.2, 0) is 20.9 Å². The summed E-state index contributed by atoms with van der Waals surface area (Å²) < 4.78 is 18.3. The van der Waals surface area contributed by atoms with Crippen LogP contribution in [0.2, 0.25) is 0 Å². The van der Waals surface area contributed by atoms with Crippen molar-refractivity contribution in [3.8, 4) is 0 Å². The van der Waals surface area contributed by atoms with Gasteiger partial charge in [0.05, 0.1) is 12.1 Å². The third-order valence-electron chi connectivity index (χ3n) is 2.67. The Morgan fingerprint density at radius 2 is 1.95 bits per heavy atom. The first-order valence-corrected chi connectivity index (χ1v) is 5.41. The Morgan fingerprint density at radius 3 is 2.53 bits per heavy atom. The maximum atomic E-state index is 13.6. The molecule has 0 unspecified atom stereocenters. The summed E-state index contributed by atoms with van der Waals surface area (Å²) in [5, 5.41) is 8.82. The molecule has 1 aliphatic heterocycles. The molecule has 0 radical (unpaired) electrons. The van der Waals surface area contributed by atoms with Crippen molar-refractivity contribution in [3.63, 3.8) is 0 Å². The van der Waals surface area contributed by atoms with Gasteiger partial charge in [0, 0.05) is 5.56 Å². The van der Waals surface area contributed by atoms with Gasteiger partial charge in [0.25, 0.3) is 11.8 Å². The van der Waals surface area contributed by atoms with Crippen molar-refractivity contribution in [2.75, 3.05) is 13.2 Å². The second-order valence-electron chi connectivity index (χ2n) is 3.98. The number of benzene rings is 1. The van der Waals surface area contributed by atoms with Gasteiger partial charge in [-0.1, -0.05) is 0 Å². The second kappa shape index (κ2) is 5.15. The molecule has 1 aromatic rings. The van der Waals surface area contributed by atoms with Crippen LogP contribution in [0.5, 0.6) is 0 Å². The number of carbonyl (C=O) groups excluding carboxylic acids is 2. The van der Waals surface area contributed by atoms with E-state index < -0.39 is 23.6 Å². The Labute approximate surface area is 107 Å². The van der Waals surface area contributed by atoms with Gasteiger partial charge < -0.3 is 9.84 Å². The monoisotopic (exact) mass is 267 g/mol. The zero-order valence-corrected chi connectivity index (χ0v) is 9.76. The molecular weight excluding hydrogens is 257 g/mol. The van der Waals surface area contributed by atoms with Crippen molar-refractivity contribution >= 4 is 17.8 Å². The fraction of sp³-hybridized carbons (Fsp3) is 0.250. The maximum absolute atomic E-state index is 13.6. The van der Waals surface area contributed by atoms with Crippen molar-refractivity contribution in [3.05, 3.63) is 35.1 Å². The molecule has 0 spiro atoms. The lowest BCUT2D eigenvalue weighted by Gasteiger charge is -2.25. The number of hydrogen-bond acceptors (Lipinski definition) is 4. The summed E-state index contributed by atoms with van der Waals surface area (Å²) in [5.41, 5.74) is -0.131. The summed E-state index contributed by atoms with van der Waals surface area (Å²) in [4.78, 5) is 34.6. The van der Waals surface area contributed by atoms with Gasteiger partial charge in [-0.25, -0.2) is 9.18 Å². The van der Waals surface area contributed by atoms with Crippen LogP contribution < -0.4 is 0 Å². The van der Waals surface area contributed by atoms with Gasteiger partial charge in [-0.2, -0.15) is 0 Å². The minimum absolute atomic E-state index is 0.0245. The molecule has 6 nitrogen and oxygen atoms in total. The molecule has 7 heteroatoms. The molecule has 0 bridgehead atoms. The minimum Gasteiger partial charge on any atom is -0.478 e. The van der Waals surface area contributed by atoms with Crippen LogP contribution in [0.4, 0.5) is 4.39 Å². The van der Waals surface area contributed by atoms with Crippen LogP contribution in [-0.4, -0.2) is 41.0 Å². The Bertz CT molecular complexity index is 541. The van der Waals surface area contributed by atoms with Gasteiger partial charge in [-0.15, -0.1) is 0 Å². The van der Waals surface area contributed by atoms with Crippen LogP contribution >= 0.6 is 0 Å². The van der Waals surface area contributed by atoms with E-state index in [9.17, 15) is 18.8 Å². The van der Waals surface area contributed by atoms with E-state index >= 15 is 0 Å². The highest BCUT2D eigenvalue weighted by Gasteiger charge is 2.27. The standard InChI is InChI=1S/C12H10FNO5/c13-9-2-1-7(12(17)18)3-8(9)4-14-10(15)5-19-6-11(14)16/h1-3H,4-6H2,(H,17,18). The summed E-state index contributed by atoms with van der Waals surface area (Å²) >= 11 is 0. The first-order valence-electron chi connectivity index (χ1n) is 5.41. The number of morpholine rings is 1. The lowest BCUT2D eigenvalue weighted by Crippen LogP contribution is -2.45. The van der Waals surface area contributed by atoms with E-state index in [1.165, 1.54) is 0 Å². The summed E-state index contributed by atoms with van der Waals surface area (Å²) in [6, 6.07) is 3.21. The topological polar surface area (TPSA) is 83.9 Å². The molecule has 1 saturated heterocycles. The van der Waals surface area contributed by atoms with E-state index in [0.717, 1.165) is 23.1 Å². The summed E-state index contributed by atoms with van der Waals surface area (Å²) in [6.45, 7) is -0.786. The number of imide groups is 1. The van der Waals surface area contributed by atoms with Gasteiger partial charge in [0.15, 0.2) is 0 Å². The molecule has 19 heavy (non-hydrogen) atoms. The molecular formula is C12H10FNO5. The van der Waals surface area contributed by atoms with Crippen molar-refractivity contribution in [1.29, 1.82) is 0 Å². The van der Waals surface area contributed by atoms with Gasteiger partial charge in [0.2, 0.25) is 0 Å². The zero-order valence-electron chi connectivity index (χ0n) is 9.76. The predicted octanol–water partition coefficient (Wildman–Crippen LogP) is 0.409. The number of aromatic carboxylic acids is 1. The van der Waals surface area contributed by atoms with Crippen LogP contribution in [0, 0.1) is 5.82 Å². The van der Waals surface area contributed by atoms with Crippen LogP contribution in [0.1, 0.15) is 15.9 Å². The van der Waals surface area contributed by atoms with E-state index in [0.29, 0.717) is 0 Å². The van der Waals surface area contributed by atoms with E-state index in [-0.39, 0.29) is 30.9 Å². The third-order valence-corrected chi connectivity index (χ3v) is 2.67. The minimum atomic E-state index is -1.21. The fourth-order valence-electron chi connectivity index (χ4n) is 1.70. The van der Waals surface area contributed by atoms with E-state index in [2.05, 4.69) is 0 Å². The van der Waals surface area contributed by atoms with E-state index in [1.807, 2.05) is 0 Å². The van der Waals surface area contributed by atoms with Crippen molar-refractivity contribution < 1.29 is 28.6 Å². The molecule has 1 aliphatic rings. The zero-order chi connectivity index (χ0) is 14.0. The maximum Gasteiger partial charge on any atom is 0.335 e. The van der Waals surface area contributed by atoms with Crippen LogP contribution in [0.15, 0.2) is 18.2 Å². The molecule has 100 valence electrons. The number of carbonyl (C=O) groups is 3. The number of nitrogens with zero attached hydrogens (tertiary/aromatic N) is 1. The predicted molar refractivity (Wildman–Crippen MR) is 59.7 cm³/mol. The van der Waals surface area contributed by atoms with Crippen molar-refractivity contribution in [1.82, 2.24) is 4.90 Å². The molecule has 0 aliphatic carbocycles. The van der Waals surface area contributed by atoms with Crippen LogP contribution in [0.25, 0.3) is 0 Å². The Kier molecular flexibility index (Phi) is 3.57. The molecule has 1 fully saturated rings. The number of carboxylic acids is 1. The Morgan fingerprint density at radius 1 is 1.32 bits per heavy atom. The second-order valence-corrected chi connectivity index (χ2v) is 3.98. The number of halogens is 1. The fourth-order valence-corrected chi connectivity index (χ4v) is 1.70. The molecule has 0 saturated carbocycles. The largest absolute Gasteiger partial charge is 0.478 e. The number of ether oxygens (including phenoxy) is 1. The number of amides is 2. The number of carboxylic acid groups (broad SMARTS) is 1. The number of hydrogen-bond donors (Lipinski definition) is 1. The van der Waals surface area contributed by atoms with E-state index in [4.69, 9.17) is 9.84 Å². The Balaban J connectivity index is 2.27. The van der Waals surface area contributed by atoms with Gasteiger partial charge in [0.1, 0.15) is 19.0 Å². The highest BCUT2D eigenvalue weighted by Crippen LogP contribution is 2.15. The lowest BCUT2D eigenvalue weighted by atomic mass is 10.1. The molecule has 1 aromatic carbocycles. The summed E-state index contributed by atoms with van der Waals surface area (Å²) in [5.74, 6) is -3.02. The van der Waals surface area contributed by atoms with E-state index in [1.54, 1.807) is 0 Å². The van der Waals surface area contributed by atoms with Gasteiger partial charge >= 0.3 is 5.97 Å². The Hall–Kier alpha value is -2.28. The third kappa shape index (κ3) is 2.76. The van der Waals surface area contributed by atoms with Crippen molar-refractivity contribution in [2.45, 2.75) is 6.54 Å². The van der Waals surface area contributed by atoms with Gasteiger partial charge in [-0.05, 0) is 18.2 Å². The highest BCUT2D eigenvalue weighted by molar-refractivity contribution is 5.98. The highest BCUT2D eigenvalue weighted by atomic mass is 19.1. The summed E-state index contributed by atoms with van der Waals surface area (Å²) in [7, 11) is 0. The first-order chi connectivity index (χ1) is 8.99. The molecule has 2 rings (SSSR count). The van der Waals surface area contributed by atoms with Gasteiger partial charge in [-0.3, -0.25) is 14.5 Å². The van der Waals surface area contributed by atoms with Crippen LogP contribution in [0.3, 0.4) is 0 Å². The SMILES string of the molecule is O=C(O)c1ccc(F)c(CN2C(=O)COCC2=O)c1. The normalized spacial score (nSPS) is 15.7. The quantitative estimate of drug-likeness (QED) is 0.802. The molecule has 1 heterocycles. The average Bonchev–Trinajstić information content (AvgIpc) is 2.35. The average molecular weight is 267 g/mol. The summed E-state index contributed by atoms with van der Waals surface area (Å²) in [6.07, 6.45) is 0.